The van der Waals surface area contributed by atoms with E-state index in [0.717, 1.165) is 41.6 Å². The minimum Gasteiger partial charge on any atom is -0.377 e. The van der Waals surface area contributed by atoms with Crippen LogP contribution in [0.25, 0.3) is 10.9 Å². The van der Waals surface area contributed by atoms with Crippen LogP contribution in [0.5, 0.6) is 0 Å². The molecule has 4 N–H and O–H groups in total. The van der Waals surface area contributed by atoms with E-state index < -0.39 is 5.41 Å². The average Bonchev–Trinajstić information content (AvgIpc) is 3.77. The highest BCUT2D eigenvalue weighted by molar-refractivity contribution is 6.36. The molecule has 43 heavy (non-hydrogen) atoms. The van der Waals surface area contributed by atoms with E-state index in [0.29, 0.717) is 44.9 Å². The maximum absolute atomic E-state index is 10.1. The second-order valence-corrected chi connectivity index (χ2v) is 12.3. The SMILES string of the molecule is CC[C@@H](Nc1c(C#N)cnc2c(Cl)cc(N[C@H](C3=CN(C4CC4)NN3)C3(C)CC(C#N)=CC=C3Cl)cc12)c1ccccc1. The summed E-state index contributed by atoms with van der Waals surface area (Å²) in [6.07, 6.45) is 10.8. The van der Waals surface area contributed by atoms with Gasteiger partial charge in [-0.2, -0.15) is 10.5 Å². The Labute approximate surface area is 261 Å². The fourth-order valence-electron chi connectivity index (χ4n) is 5.87. The van der Waals surface area contributed by atoms with Crippen molar-refractivity contribution in [1.82, 2.24) is 21.0 Å². The molecule has 1 fully saturated rings. The summed E-state index contributed by atoms with van der Waals surface area (Å²) in [7, 11) is 0. The highest BCUT2D eigenvalue weighted by Gasteiger charge is 2.44. The van der Waals surface area contributed by atoms with Gasteiger partial charge in [0.2, 0.25) is 0 Å². The third-order valence-electron chi connectivity index (χ3n) is 8.46. The number of nitrogens with one attached hydrogen (secondary N) is 4. The van der Waals surface area contributed by atoms with Crippen LogP contribution >= 0.6 is 23.2 Å². The number of allylic oxidation sites excluding steroid dienone is 3. The number of hydrogen-bond donors (Lipinski definition) is 4. The number of halogens is 2. The number of nitriles is 2. The van der Waals surface area contributed by atoms with Crippen molar-refractivity contribution in [3.63, 3.8) is 0 Å². The van der Waals surface area contributed by atoms with Crippen molar-refractivity contribution in [3.8, 4) is 12.1 Å². The molecular weight excluding hydrogens is 579 g/mol. The first-order valence-corrected chi connectivity index (χ1v) is 15.2. The summed E-state index contributed by atoms with van der Waals surface area (Å²) in [4.78, 5) is 4.55. The first-order chi connectivity index (χ1) is 20.8. The molecule has 0 radical (unpaired) electrons. The number of aromatic nitrogens is 1. The summed E-state index contributed by atoms with van der Waals surface area (Å²) >= 11 is 13.8. The summed E-state index contributed by atoms with van der Waals surface area (Å²) in [6, 6.07) is 18.7. The van der Waals surface area contributed by atoms with Crippen molar-refractivity contribution in [1.29, 1.82) is 10.5 Å². The van der Waals surface area contributed by atoms with Crippen molar-refractivity contribution in [2.75, 3.05) is 10.6 Å². The fraction of sp³-hybridized carbons (Fsp3) is 0.303. The molecule has 0 amide bonds. The number of hydrazine groups is 2. The monoisotopic (exact) mass is 610 g/mol. The maximum atomic E-state index is 10.1. The van der Waals surface area contributed by atoms with Gasteiger partial charge in [-0.25, -0.2) is 0 Å². The molecule has 0 saturated heterocycles. The Morgan fingerprint density at radius 3 is 2.60 bits per heavy atom. The van der Waals surface area contributed by atoms with Crippen LogP contribution in [-0.2, 0) is 0 Å². The van der Waals surface area contributed by atoms with E-state index in [4.69, 9.17) is 23.2 Å². The Bertz CT molecular complexity index is 1730. The number of rotatable bonds is 9. The van der Waals surface area contributed by atoms with E-state index in [2.05, 4.69) is 75.9 Å². The minimum absolute atomic E-state index is 0.0179. The fourth-order valence-corrected chi connectivity index (χ4v) is 6.38. The Kier molecular flexibility index (Phi) is 7.94. The lowest BCUT2D eigenvalue weighted by Crippen LogP contribution is -2.46. The Balaban J connectivity index is 1.43. The van der Waals surface area contributed by atoms with Gasteiger partial charge in [0.25, 0.3) is 0 Å². The number of benzene rings is 2. The zero-order chi connectivity index (χ0) is 30.1. The number of nitrogens with zero attached hydrogens (tertiary/aromatic N) is 4. The highest BCUT2D eigenvalue weighted by atomic mass is 35.5. The smallest absolute Gasteiger partial charge is 0.103 e. The molecule has 2 aromatic carbocycles. The van der Waals surface area contributed by atoms with Gasteiger partial charge in [-0.05, 0) is 55.5 Å². The van der Waals surface area contributed by atoms with Crippen molar-refractivity contribution in [3.05, 3.63) is 99.5 Å². The molecular formula is C33H32Cl2N8. The molecule has 1 unspecified atom stereocenters. The molecule has 218 valence electrons. The van der Waals surface area contributed by atoms with E-state index >= 15 is 0 Å². The van der Waals surface area contributed by atoms with Crippen molar-refractivity contribution in [2.45, 2.75) is 57.7 Å². The lowest BCUT2D eigenvalue weighted by molar-refractivity contribution is 0.258. The number of pyridine rings is 1. The Morgan fingerprint density at radius 2 is 1.91 bits per heavy atom. The van der Waals surface area contributed by atoms with Gasteiger partial charge in [0.05, 0.1) is 45.6 Å². The second kappa shape index (κ2) is 11.8. The predicted molar refractivity (Wildman–Crippen MR) is 172 cm³/mol. The van der Waals surface area contributed by atoms with Crippen LogP contribution in [0.4, 0.5) is 11.4 Å². The molecule has 0 spiro atoms. The summed E-state index contributed by atoms with van der Waals surface area (Å²) in [5.41, 5.74) is 11.1. The lowest BCUT2D eigenvalue weighted by atomic mass is 9.73. The molecule has 3 aromatic rings. The second-order valence-electron chi connectivity index (χ2n) is 11.5. The molecule has 1 aromatic heterocycles. The van der Waals surface area contributed by atoms with Crippen LogP contribution in [0.1, 0.15) is 56.7 Å². The van der Waals surface area contributed by atoms with Gasteiger partial charge in [0.15, 0.2) is 0 Å². The van der Waals surface area contributed by atoms with Gasteiger partial charge in [0, 0.05) is 45.5 Å². The van der Waals surface area contributed by atoms with Crippen LogP contribution in [0.3, 0.4) is 0 Å². The first-order valence-electron chi connectivity index (χ1n) is 14.4. The molecule has 1 saturated carbocycles. The summed E-state index contributed by atoms with van der Waals surface area (Å²) in [6.45, 7) is 4.17. The minimum atomic E-state index is -0.642. The van der Waals surface area contributed by atoms with E-state index in [1.165, 1.54) is 0 Å². The normalized spacial score (nSPS) is 21.1. The van der Waals surface area contributed by atoms with E-state index in [-0.39, 0.29) is 12.1 Å². The van der Waals surface area contributed by atoms with E-state index in [1.54, 1.807) is 12.3 Å². The third-order valence-corrected chi connectivity index (χ3v) is 9.30. The van der Waals surface area contributed by atoms with Crippen LogP contribution in [0.2, 0.25) is 5.02 Å². The molecule has 3 atom stereocenters. The lowest BCUT2D eigenvalue weighted by Gasteiger charge is -2.40. The first kappa shape index (κ1) is 28.9. The molecule has 2 aliphatic carbocycles. The van der Waals surface area contributed by atoms with Crippen LogP contribution < -0.4 is 21.6 Å². The topological polar surface area (TPSA) is 112 Å². The van der Waals surface area contributed by atoms with Gasteiger partial charge < -0.3 is 16.1 Å². The quantitative estimate of drug-likeness (QED) is 0.198. The van der Waals surface area contributed by atoms with Crippen molar-refractivity contribution < 1.29 is 0 Å². The average molecular weight is 612 g/mol. The highest BCUT2D eigenvalue weighted by Crippen LogP contribution is 2.46. The standard InChI is InChI=1S/C33H32Cl2N8/c1-3-27(21-7-5-4-6-8-21)40-30-22(17-37)18-38-31-25(30)13-23(14-26(31)34)39-32(28-19-43(42-41-28)24-10-11-24)33(2)15-20(16-36)9-12-29(33)35/h4-9,12-14,18-19,24,27,32,39,41-42H,3,10-11,15H2,1-2H3,(H,38,40)/t27-,32-,33?/m1/s1. The number of anilines is 2. The largest absolute Gasteiger partial charge is 0.377 e. The number of fused-ring (bicyclic) bond motifs is 1. The Morgan fingerprint density at radius 1 is 1.12 bits per heavy atom. The van der Waals surface area contributed by atoms with Crippen LogP contribution in [0.15, 0.2) is 83.3 Å². The van der Waals surface area contributed by atoms with Gasteiger partial charge in [-0.1, -0.05) is 67.4 Å². The summed E-state index contributed by atoms with van der Waals surface area (Å²) in [5, 5.41) is 31.1. The summed E-state index contributed by atoms with van der Waals surface area (Å²) in [5.74, 6) is 0. The molecule has 6 rings (SSSR count). The van der Waals surface area contributed by atoms with Crippen LogP contribution in [-0.4, -0.2) is 22.1 Å². The van der Waals surface area contributed by atoms with Gasteiger partial charge >= 0.3 is 0 Å². The molecule has 3 aliphatic rings. The molecule has 1 aliphatic heterocycles. The Hall–Kier alpha value is -4.21. The van der Waals surface area contributed by atoms with Crippen LogP contribution in [0, 0.1) is 28.1 Å². The van der Waals surface area contributed by atoms with Gasteiger partial charge in [0.1, 0.15) is 6.07 Å². The van der Waals surface area contributed by atoms with Crippen molar-refractivity contribution in [2.24, 2.45) is 5.41 Å². The molecule has 0 bridgehead atoms. The summed E-state index contributed by atoms with van der Waals surface area (Å²) < 4.78 is 0. The third kappa shape index (κ3) is 5.62. The molecule has 10 heteroatoms. The zero-order valence-corrected chi connectivity index (χ0v) is 25.5. The maximum Gasteiger partial charge on any atom is 0.103 e. The van der Waals surface area contributed by atoms with Crippen molar-refractivity contribution >= 4 is 45.5 Å². The number of hydrogen-bond acceptors (Lipinski definition) is 8. The van der Waals surface area contributed by atoms with E-state index in [1.807, 2.05) is 36.4 Å². The predicted octanol–water partition coefficient (Wildman–Crippen LogP) is 7.41. The molecule has 8 nitrogen and oxygen atoms in total. The van der Waals surface area contributed by atoms with Gasteiger partial charge in [-0.15, -0.1) is 5.53 Å². The zero-order valence-electron chi connectivity index (χ0n) is 24.0. The van der Waals surface area contributed by atoms with E-state index in [9.17, 15) is 10.5 Å². The molecule has 2 heterocycles. The van der Waals surface area contributed by atoms with Gasteiger partial charge in [-0.3, -0.25) is 9.99 Å².